The number of nitrogens with one attached hydrogen (secondary N) is 1. The minimum atomic E-state index is -0.980. The van der Waals surface area contributed by atoms with E-state index >= 15 is 0 Å². The Kier molecular flexibility index (Phi) is 6.14. The zero-order valence-electron chi connectivity index (χ0n) is 15.5. The van der Waals surface area contributed by atoms with Crippen molar-refractivity contribution in [2.24, 2.45) is 0 Å². The van der Waals surface area contributed by atoms with Crippen LogP contribution in [0.4, 0.5) is 11.4 Å². The van der Waals surface area contributed by atoms with Crippen LogP contribution in [-0.2, 0) is 9.59 Å². The molecule has 0 saturated heterocycles. The van der Waals surface area contributed by atoms with Crippen molar-refractivity contribution < 1.29 is 9.59 Å². The largest absolute Gasteiger partial charge is 0.399 e. The van der Waals surface area contributed by atoms with Crippen LogP contribution in [0.2, 0.25) is 5.02 Å². The monoisotopic (exact) mass is 383 g/mol. The van der Waals surface area contributed by atoms with Crippen molar-refractivity contribution in [3.05, 3.63) is 59.1 Å². The number of carbonyl (C=O) groups is 2. The van der Waals surface area contributed by atoms with Gasteiger partial charge in [0.25, 0.3) is 0 Å². The fourth-order valence-electron chi connectivity index (χ4n) is 2.61. The quantitative estimate of drug-likeness (QED) is 0.626. The zero-order chi connectivity index (χ0) is 20.2. The molecule has 0 aromatic heterocycles. The van der Waals surface area contributed by atoms with Crippen LogP contribution in [0.1, 0.15) is 32.4 Å². The van der Waals surface area contributed by atoms with E-state index in [1.165, 1.54) is 4.90 Å². The van der Waals surface area contributed by atoms with Gasteiger partial charge < -0.3 is 11.1 Å². The van der Waals surface area contributed by atoms with Crippen molar-refractivity contribution in [1.82, 2.24) is 5.32 Å². The molecule has 2 aromatic carbocycles. The molecule has 140 valence electrons. The summed E-state index contributed by atoms with van der Waals surface area (Å²) in [5, 5.41) is 3.34. The molecule has 3 N–H and O–H groups in total. The minimum absolute atomic E-state index is 0.365. The first-order valence-electron chi connectivity index (χ1n) is 8.35. The third kappa shape index (κ3) is 5.25. The van der Waals surface area contributed by atoms with Crippen LogP contribution in [0.5, 0.6) is 0 Å². The number of nitrogen functional groups attached to an aromatic ring is 1. The molecule has 0 bridgehead atoms. The first-order chi connectivity index (χ1) is 12.6. The maximum absolute atomic E-state index is 13.1. The highest BCUT2D eigenvalue weighted by Gasteiger charge is 2.33. The number of amides is 2. The SMILES string of the molecule is C#CC(=O)N(c1cccc(Cl)c1)C(C(=O)NC(C)(C)C)c1ccc(N)cc1. The number of nitrogens with zero attached hydrogens (tertiary/aromatic N) is 1. The van der Waals surface area contributed by atoms with Crippen LogP contribution in [0, 0.1) is 12.3 Å². The highest BCUT2D eigenvalue weighted by Crippen LogP contribution is 2.30. The third-order valence-corrected chi connectivity index (χ3v) is 3.92. The van der Waals surface area contributed by atoms with Crippen molar-refractivity contribution in [1.29, 1.82) is 0 Å². The summed E-state index contributed by atoms with van der Waals surface area (Å²) >= 11 is 6.09. The predicted octanol–water partition coefficient (Wildman–Crippen LogP) is 3.54. The topological polar surface area (TPSA) is 75.4 Å². The fourth-order valence-corrected chi connectivity index (χ4v) is 2.80. The number of terminal acetylenes is 1. The number of hydrogen-bond donors (Lipinski definition) is 2. The average molecular weight is 384 g/mol. The van der Waals surface area contributed by atoms with Crippen LogP contribution >= 0.6 is 11.6 Å². The Balaban J connectivity index is 2.63. The van der Waals surface area contributed by atoms with E-state index in [0.717, 1.165) is 0 Å². The van der Waals surface area contributed by atoms with Gasteiger partial charge in [-0.1, -0.05) is 29.8 Å². The Bertz CT molecular complexity index is 880. The van der Waals surface area contributed by atoms with Crippen molar-refractivity contribution in [3.63, 3.8) is 0 Å². The van der Waals surface area contributed by atoms with Crippen LogP contribution in [0.3, 0.4) is 0 Å². The lowest BCUT2D eigenvalue weighted by molar-refractivity contribution is -0.126. The van der Waals surface area contributed by atoms with Crippen LogP contribution in [-0.4, -0.2) is 17.4 Å². The van der Waals surface area contributed by atoms with Gasteiger partial charge in [0, 0.05) is 21.9 Å². The number of rotatable bonds is 4. The molecule has 27 heavy (non-hydrogen) atoms. The van der Waals surface area contributed by atoms with E-state index in [2.05, 4.69) is 11.2 Å². The molecule has 0 spiro atoms. The van der Waals surface area contributed by atoms with Crippen molar-refractivity contribution >= 4 is 34.8 Å². The second kappa shape index (κ2) is 8.15. The molecule has 1 atom stereocenters. The summed E-state index contributed by atoms with van der Waals surface area (Å²) in [6.07, 6.45) is 5.39. The molecule has 0 aliphatic heterocycles. The van der Waals surface area contributed by atoms with E-state index in [-0.39, 0.29) is 5.91 Å². The lowest BCUT2D eigenvalue weighted by atomic mass is 10.0. The molecule has 6 heteroatoms. The maximum atomic E-state index is 13.1. The summed E-state index contributed by atoms with van der Waals surface area (Å²) in [7, 11) is 0. The van der Waals surface area contributed by atoms with Crippen LogP contribution in [0.15, 0.2) is 48.5 Å². The Labute approximate surface area is 164 Å². The molecular formula is C21H22ClN3O2. The second-order valence-electron chi connectivity index (χ2n) is 7.11. The van der Waals surface area contributed by atoms with Crippen molar-refractivity contribution in [2.45, 2.75) is 32.4 Å². The fraction of sp³-hybridized carbons (Fsp3) is 0.238. The van der Waals surface area contributed by atoms with Gasteiger partial charge in [-0.3, -0.25) is 14.5 Å². The van der Waals surface area contributed by atoms with E-state index in [4.69, 9.17) is 23.8 Å². The minimum Gasteiger partial charge on any atom is -0.399 e. The number of carbonyl (C=O) groups excluding carboxylic acids is 2. The maximum Gasteiger partial charge on any atom is 0.303 e. The Morgan fingerprint density at radius 3 is 2.33 bits per heavy atom. The number of anilines is 2. The van der Waals surface area contributed by atoms with Gasteiger partial charge in [-0.05, 0) is 62.6 Å². The molecule has 1 unspecified atom stereocenters. The zero-order valence-corrected chi connectivity index (χ0v) is 16.2. The van der Waals surface area contributed by atoms with E-state index in [0.29, 0.717) is 22.0 Å². The van der Waals surface area contributed by atoms with Crippen LogP contribution < -0.4 is 16.0 Å². The molecule has 0 fully saturated rings. The molecule has 0 aliphatic rings. The Hall–Kier alpha value is -2.97. The number of halogens is 1. The lowest BCUT2D eigenvalue weighted by Crippen LogP contribution is -2.49. The van der Waals surface area contributed by atoms with Gasteiger partial charge in [-0.15, -0.1) is 6.42 Å². The number of nitrogens with two attached hydrogens (primary N) is 1. The molecule has 0 saturated carbocycles. The molecule has 0 heterocycles. The Morgan fingerprint density at radius 1 is 1.19 bits per heavy atom. The summed E-state index contributed by atoms with van der Waals surface area (Å²) in [5.74, 6) is 1.09. The van der Waals surface area contributed by atoms with Gasteiger partial charge in [-0.25, -0.2) is 0 Å². The van der Waals surface area contributed by atoms with E-state index in [9.17, 15) is 9.59 Å². The molecule has 5 nitrogen and oxygen atoms in total. The first-order valence-corrected chi connectivity index (χ1v) is 8.73. The molecule has 2 rings (SSSR count). The standard InChI is InChI=1S/C21H22ClN3O2/c1-5-18(26)25(17-8-6-7-15(22)13-17)19(20(27)24-21(2,3)4)14-9-11-16(23)12-10-14/h1,6-13,19H,23H2,2-4H3,(H,24,27). The van der Waals surface area contributed by atoms with Gasteiger partial charge in [0.05, 0.1) is 0 Å². The summed E-state index contributed by atoms with van der Waals surface area (Å²) in [6, 6.07) is 12.4. The smallest absolute Gasteiger partial charge is 0.303 e. The third-order valence-electron chi connectivity index (χ3n) is 3.69. The van der Waals surface area contributed by atoms with Gasteiger partial charge in [0.2, 0.25) is 5.91 Å². The van der Waals surface area contributed by atoms with Crippen LogP contribution in [0.25, 0.3) is 0 Å². The molecule has 0 radical (unpaired) electrons. The number of benzene rings is 2. The summed E-state index contributed by atoms with van der Waals surface area (Å²) in [4.78, 5) is 27.0. The van der Waals surface area contributed by atoms with Crippen molar-refractivity contribution in [3.8, 4) is 12.3 Å². The summed E-state index contributed by atoms with van der Waals surface area (Å²) < 4.78 is 0. The normalized spacial score (nSPS) is 12.0. The Morgan fingerprint density at radius 2 is 1.81 bits per heavy atom. The number of hydrogen-bond acceptors (Lipinski definition) is 3. The lowest BCUT2D eigenvalue weighted by Gasteiger charge is -2.32. The molecule has 0 aliphatic carbocycles. The summed E-state index contributed by atoms with van der Waals surface area (Å²) in [6.45, 7) is 5.58. The van der Waals surface area contributed by atoms with E-state index in [1.807, 2.05) is 20.8 Å². The highest BCUT2D eigenvalue weighted by atomic mass is 35.5. The van der Waals surface area contributed by atoms with Gasteiger partial charge in [0.15, 0.2) is 0 Å². The highest BCUT2D eigenvalue weighted by molar-refractivity contribution is 6.31. The summed E-state index contributed by atoms with van der Waals surface area (Å²) in [5.41, 5.74) is 6.82. The van der Waals surface area contributed by atoms with Gasteiger partial charge >= 0.3 is 5.91 Å². The van der Waals surface area contributed by atoms with Crippen molar-refractivity contribution in [2.75, 3.05) is 10.6 Å². The molecule has 2 amide bonds. The van der Waals surface area contributed by atoms with Gasteiger partial charge in [-0.2, -0.15) is 0 Å². The van der Waals surface area contributed by atoms with E-state index < -0.39 is 17.5 Å². The molecular weight excluding hydrogens is 362 g/mol. The van der Waals surface area contributed by atoms with Gasteiger partial charge in [0.1, 0.15) is 6.04 Å². The second-order valence-corrected chi connectivity index (χ2v) is 7.54. The average Bonchev–Trinajstić information content (AvgIpc) is 2.58. The predicted molar refractivity (Wildman–Crippen MR) is 109 cm³/mol. The van der Waals surface area contributed by atoms with E-state index in [1.54, 1.807) is 48.5 Å². The molecule has 2 aromatic rings. The first kappa shape index (κ1) is 20.3.